The monoisotopic (exact) mass is 241 g/mol. The lowest BCUT2D eigenvalue weighted by molar-refractivity contribution is -0.108. The molecule has 0 heterocycles. The van der Waals surface area contributed by atoms with Gasteiger partial charge in [-0.1, -0.05) is 37.1 Å². The Morgan fingerprint density at radius 2 is 1.78 bits per heavy atom. The van der Waals surface area contributed by atoms with E-state index < -0.39 is 0 Å². The van der Waals surface area contributed by atoms with Gasteiger partial charge in [0, 0.05) is 5.56 Å². The van der Waals surface area contributed by atoms with Crippen molar-refractivity contribution < 1.29 is 9.59 Å². The molecule has 2 aliphatic rings. The zero-order chi connectivity index (χ0) is 12.5. The van der Waals surface area contributed by atoms with Gasteiger partial charge in [0.15, 0.2) is 0 Å². The first kappa shape index (κ1) is 11.2. The van der Waals surface area contributed by atoms with Crippen LogP contribution in [0.1, 0.15) is 41.6 Å². The number of nitrogens with one attached hydrogen (secondary N) is 1. The lowest BCUT2D eigenvalue weighted by Crippen LogP contribution is -2.18. The normalized spacial score (nSPS) is 19.2. The van der Waals surface area contributed by atoms with Gasteiger partial charge in [0.2, 0.25) is 12.2 Å². The third kappa shape index (κ3) is 1.58. The fraction of sp³-hybridized carbons (Fsp3) is 0.333. The number of benzene rings is 1. The number of hydrogen-bond acceptors (Lipinski definition) is 2. The van der Waals surface area contributed by atoms with E-state index in [2.05, 4.69) is 5.32 Å². The molecule has 1 saturated carbocycles. The molecule has 18 heavy (non-hydrogen) atoms. The van der Waals surface area contributed by atoms with E-state index in [4.69, 9.17) is 0 Å². The quantitative estimate of drug-likeness (QED) is 0.826. The summed E-state index contributed by atoms with van der Waals surface area (Å²) in [6.07, 6.45) is 5.24. The highest BCUT2D eigenvalue weighted by Crippen LogP contribution is 2.43. The standard InChI is InChI=1S/C15H15NO2/c17-9-16-14-13(10-5-1-2-6-10)11-7-3-4-8-12(11)15(14)18/h3-4,7-10H,1-2,5-6H2,(H,16,17,18). The minimum Gasteiger partial charge on any atom is -0.325 e. The van der Waals surface area contributed by atoms with Crippen LogP contribution in [0.3, 0.4) is 0 Å². The van der Waals surface area contributed by atoms with E-state index >= 15 is 0 Å². The van der Waals surface area contributed by atoms with Crippen molar-refractivity contribution in [2.75, 3.05) is 0 Å². The van der Waals surface area contributed by atoms with Gasteiger partial charge in [0.25, 0.3) is 0 Å². The summed E-state index contributed by atoms with van der Waals surface area (Å²) in [5.41, 5.74) is 3.29. The number of allylic oxidation sites excluding steroid dienone is 2. The molecular formula is C15H15NO2. The van der Waals surface area contributed by atoms with Crippen LogP contribution in [0, 0.1) is 5.92 Å². The molecule has 2 aliphatic carbocycles. The van der Waals surface area contributed by atoms with E-state index in [1.54, 1.807) is 0 Å². The molecule has 3 nitrogen and oxygen atoms in total. The summed E-state index contributed by atoms with van der Waals surface area (Å²) in [6.45, 7) is 0. The van der Waals surface area contributed by atoms with Crippen LogP contribution < -0.4 is 5.32 Å². The van der Waals surface area contributed by atoms with Gasteiger partial charge in [-0.15, -0.1) is 0 Å². The summed E-state index contributed by atoms with van der Waals surface area (Å²) in [5.74, 6) is 0.375. The topological polar surface area (TPSA) is 46.2 Å². The summed E-state index contributed by atoms with van der Waals surface area (Å²) >= 11 is 0. The molecule has 0 saturated heterocycles. The van der Waals surface area contributed by atoms with E-state index in [0.717, 1.165) is 29.5 Å². The van der Waals surface area contributed by atoms with Crippen LogP contribution in [0.2, 0.25) is 0 Å². The molecular weight excluding hydrogens is 226 g/mol. The summed E-state index contributed by atoms with van der Waals surface area (Å²) in [7, 11) is 0. The van der Waals surface area contributed by atoms with Gasteiger partial charge in [-0.3, -0.25) is 9.59 Å². The molecule has 0 spiro atoms. The maximum Gasteiger partial charge on any atom is 0.211 e. The van der Waals surface area contributed by atoms with Crippen LogP contribution in [-0.2, 0) is 4.79 Å². The molecule has 0 bridgehead atoms. The van der Waals surface area contributed by atoms with E-state index in [-0.39, 0.29) is 5.78 Å². The molecule has 0 atom stereocenters. The molecule has 0 aromatic heterocycles. The second-order valence-electron chi connectivity index (χ2n) is 4.91. The maximum absolute atomic E-state index is 12.3. The van der Waals surface area contributed by atoms with Crippen LogP contribution >= 0.6 is 0 Å². The summed E-state index contributed by atoms with van der Waals surface area (Å²) in [4.78, 5) is 23.0. The van der Waals surface area contributed by atoms with Crippen molar-refractivity contribution in [1.29, 1.82) is 0 Å². The molecule has 92 valence electrons. The van der Waals surface area contributed by atoms with Crippen LogP contribution in [-0.4, -0.2) is 12.2 Å². The van der Waals surface area contributed by atoms with E-state index in [9.17, 15) is 9.59 Å². The molecule has 3 rings (SSSR count). The first-order valence-electron chi connectivity index (χ1n) is 6.41. The van der Waals surface area contributed by atoms with Crippen molar-refractivity contribution in [1.82, 2.24) is 5.32 Å². The van der Waals surface area contributed by atoms with E-state index in [1.165, 1.54) is 12.8 Å². The van der Waals surface area contributed by atoms with Gasteiger partial charge in [0.1, 0.15) is 0 Å². The SMILES string of the molecule is O=CNC1=C(C2CCCC2)c2ccccc2C1=O. The summed E-state index contributed by atoms with van der Waals surface area (Å²) < 4.78 is 0. The van der Waals surface area contributed by atoms with Crippen LogP contribution in [0.15, 0.2) is 30.0 Å². The van der Waals surface area contributed by atoms with Gasteiger partial charge in [-0.05, 0) is 29.9 Å². The second-order valence-corrected chi connectivity index (χ2v) is 4.91. The number of carbonyl (C=O) groups excluding carboxylic acids is 2. The van der Waals surface area contributed by atoms with Crippen LogP contribution in [0.5, 0.6) is 0 Å². The van der Waals surface area contributed by atoms with Gasteiger partial charge in [-0.25, -0.2) is 0 Å². The molecule has 1 fully saturated rings. The minimum absolute atomic E-state index is 0.0420. The molecule has 0 radical (unpaired) electrons. The average Bonchev–Trinajstić information content (AvgIpc) is 2.99. The van der Waals surface area contributed by atoms with Gasteiger partial charge >= 0.3 is 0 Å². The maximum atomic E-state index is 12.3. The number of amides is 1. The molecule has 1 aromatic rings. The Hall–Kier alpha value is -1.90. The molecule has 0 unspecified atom stereocenters. The Bertz CT molecular complexity index is 539. The van der Waals surface area contributed by atoms with Crippen molar-refractivity contribution in [2.24, 2.45) is 5.92 Å². The average molecular weight is 241 g/mol. The van der Waals surface area contributed by atoms with Crippen molar-refractivity contribution in [3.63, 3.8) is 0 Å². The predicted molar refractivity (Wildman–Crippen MR) is 68.9 cm³/mol. The third-order valence-corrected chi connectivity index (χ3v) is 3.92. The van der Waals surface area contributed by atoms with E-state index in [1.807, 2.05) is 24.3 Å². The number of rotatable bonds is 3. The fourth-order valence-corrected chi connectivity index (χ4v) is 3.15. The predicted octanol–water partition coefficient (Wildman–Crippen LogP) is 2.53. The number of hydrogen-bond donors (Lipinski definition) is 1. The fourth-order valence-electron chi connectivity index (χ4n) is 3.15. The number of fused-ring (bicyclic) bond motifs is 1. The Morgan fingerprint density at radius 3 is 2.44 bits per heavy atom. The second kappa shape index (κ2) is 4.41. The molecule has 3 heteroatoms. The first-order chi connectivity index (χ1) is 8.83. The lowest BCUT2D eigenvalue weighted by Gasteiger charge is -2.13. The third-order valence-electron chi connectivity index (χ3n) is 3.92. The number of Topliss-reactive ketones (excluding diaryl/α,β-unsaturated/α-hetero) is 1. The lowest BCUT2D eigenvalue weighted by atomic mass is 9.92. The van der Waals surface area contributed by atoms with Crippen molar-refractivity contribution in [2.45, 2.75) is 25.7 Å². The minimum atomic E-state index is -0.0420. The van der Waals surface area contributed by atoms with Crippen LogP contribution in [0.4, 0.5) is 0 Å². The Balaban J connectivity index is 2.12. The van der Waals surface area contributed by atoms with E-state index in [0.29, 0.717) is 18.0 Å². The van der Waals surface area contributed by atoms with Crippen molar-refractivity contribution >= 4 is 17.8 Å². The number of ketones is 1. The summed E-state index contributed by atoms with van der Waals surface area (Å²) in [5, 5.41) is 2.62. The largest absolute Gasteiger partial charge is 0.325 e. The van der Waals surface area contributed by atoms with Gasteiger partial charge in [-0.2, -0.15) is 0 Å². The first-order valence-corrected chi connectivity index (χ1v) is 6.41. The highest BCUT2D eigenvalue weighted by Gasteiger charge is 2.34. The Kier molecular flexibility index (Phi) is 2.74. The van der Waals surface area contributed by atoms with Gasteiger partial charge in [0.05, 0.1) is 5.70 Å². The molecule has 1 aromatic carbocycles. The van der Waals surface area contributed by atoms with Crippen LogP contribution in [0.25, 0.3) is 5.57 Å². The molecule has 0 aliphatic heterocycles. The zero-order valence-corrected chi connectivity index (χ0v) is 10.1. The van der Waals surface area contributed by atoms with Gasteiger partial charge < -0.3 is 5.32 Å². The zero-order valence-electron chi connectivity index (χ0n) is 10.1. The van der Waals surface area contributed by atoms with Crippen molar-refractivity contribution in [3.05, 3.63) is 41.1 Å². The number of carbonyl (C=O) groups is 2. The highest BCUT2D eigenvalue weighted by molar-refractivity contribution is 6.21. The Morgan fingerprint density at radius 1 is 1.11 bits per heavy atom. The summed E-state index contributed by atoms with van der Waals surface area (Å²) in [6, 6.07) is 7.64. The smallest absolute Gasteiger partial charge is 0.211 e. The molecule has 1 N–H and O–H groups in total. The molecule has 1 amide bonds. The van der Waals surface area contributed by atoms with Crippen molar-refractivity contribution in [3.8, 4) is 0 Å². The highest BCUT2D eigenvalue weighted by atomic mass is 16.1. The Labute approximate surface area is 106 Å².